The summed E-state index contributed by atoms with van der Waals surface area (Å²) in [5, 5.41) is 5.85. The van der Waals surface area contributed by atoms with E-state index < -0.39 is 0 Å². The Morgan fingerprint density at radius 1 is 1.10 bits per heavy atom. The van der Waals surface area contributed by atoms with E-state index in [1.54, 1.807) is 13.1 Å². The van der Waals surface area contributed by atoms with Crippen LogP contribution in [0.15, 0.2) is 42.5 Å². The molecule has 0 aliphatic carbocycles. The van der Waals surface area contributed by atoms with Crippen LogP contribution in [-0.4, -0.2) is 17.9 Å². The molecule has 0 saturated heterocycles. The average molecular weight is 269 g/mol. The minimum atomic E-state index is -0.199. The minimum Gasteiger partial charge on any atom is -0.373 e. The molecule has 0 fully saturated rings. The van der Waals surface area contributed by atoms with Crippen molar-refractivity contribution in [1.82, 2.24) is 4.98 Å². The zero-order chi connectivity index (χ0) is 14.5. The van der Waals surface area contributed by atoms with Crippen LogP contribution < -0.4 is 10.6 Å². The van der Waals surface area contributed by atoms with Crippen LogP contribution in [0.4, 0.5) is 11.5 Å². The SMILES string of the molecule is CNc1cccc(C(=O)Nc2ccccc2C(C)C)n1. The smallest absolute Gasteiger partial charge is 0.274 e. The summed E-state index contributed by atoms with van der Waals surface area (Å²) in [6.07, 6.45) is 0. The van der Waals surface area contributed by atoms with Crippen molar-refractivity contribution in [1.29, 1.82) is 0 Å². The third-order valence-electron chi connectivity index (χ3n) is 3.07. The first kappa shape index (κ1) is 14.1. The Morgan fingerprint density at radius 2 is 1.85 bits per heavy atom. The predicted molar refractivity (Wildman–Crippen MR) is 82.3 cm³/mol. The zero-order valence-electron chi connectivity index (χ0n) is 12.0. The molecular weight excluding hydrogens is 250 g/mol. The van der Waals surface area contributed by atoms with Gasteiger partial charge in [-0.15, -0.1) is 0 Å². The van der Waals surface area contributed by atoms with E-state index in [4.69, 9.17) is 0 Å². The molecular formula is C16H19N3O. The summed E-state index contributed by atoms with van der Waals surface area (Å²) >= 11 is 0. The number of carbonyl (C=O) groups is 1. The van der Waals surface area contributed by atoms with Crippen molar-refractivity contribution in [2.75, 3.05) is 17.7 Å². The van der Waals surface area contributed by atoms with Crippen molar-refractivity contribution >= 4 is 17.4 Å². The lowest BCUT2D eigenvalue weighted by Crippen LogP contribution is -2.15. The van der Waals surface area contributed by atoms with E-state index in [9.17, 15) is 4.79 Å². The Balaban J connectivity index is 2.23. The summed E-state index contributed by atoms with van der Waals surface area (Å²) < 4.78 is 0. The second-order valence-electron chi connectivity index (χ2n) is 4.85. The number of carbonyl (C=O) groups excluding carboxylic acids is 1. The number of para-hydroxylation sites is 1. The maximum absolute atomic E-state index is 12.3. The van der Waals surface area contributed by atoms with Crippen LogP contribution >= 0.6 is 0 Å². The number of nitrogens with zero attached hydrogens (tertiary/aromatic N) is 1. The number of amides is 1. The van der Waals surface area contributed by atoms with Gasteiger partial charge in [0.05, 0.1) is 0 Å². The van der Waals surface area contributed by atoms with Gasteiger partial charge >= 0.3 is 0 Å². The topological polar surface area (TPSA) is 54.0 Å². The molecule has 2 aromatic rings. The molecule has 0 unspecified atom stereocenters. The van der Waals surface area contributed by atoms with E-state index in [0.717, 1.165) is 11.3 Å². The standard InChI is InChI=1S/C16H19N3O/c1-11(2)12-7-4-5-8-13(12)19-16(20)14-9-6-10-15(17-3)18-14/h4-11H,1-3H3,(H,17,18)(H,19,20). The minimum absolute atomic E-state index is 0.199. The number of hydrogen-bond donors (Lipinski definition) is 2. The van der Waals surface area contributed by atoms with Crippen molar-refractivity contribution in [3.05, 3.63) is 53.7 Å². The van der Waals surface area contributed by atoms with Gasteiger partial charge in [0.2, 0.25) is 0 Å². The van der Waals surface area contributed by atoms with Crippen LogP contribution in [0, 0.1) is 0 Å². The van der Waals surface area contributed by atoms with E-state index in [-0.39, 0.29) is 5.91 Å². The Bertz CT molecular complexity index is 608. The molecule has 1 aromatic heterocycles. The monoisotopic (exact) mass is 269 g/mol. The molecule has 0 aliphatic heterocycles. The Kier molecular flexibility index (Phi) is 4.35. The maximum atomic E-state index is 12.3. The van der Waals surface area contributed by atoms with Crippen LogP contribution in [-0.2, 0) is 0 Å². The van der Waals surface area contributed by atoms with E-state index in [1.165, 1.54) is 0 Å². The average Bonchev–Trinajstić information content (AvgIpc) is 2.47. The lowest BCUT2D eigenvalue weighted by Gasteiger charge is -2.13. The van der Waals surface area contributed by atoms with Gasteiger partial charge in [-0.25, -0.2) is 4.98 Å². The lowest BCUT2D eigenvalue weighted by atomic mass is 10.0. The van der Waals surface area contributed by atoms with Crippen molar-refractivity contribution in [3.8, 4) is 0 Å². The highest BCUT2D eigenvalue weighted by Gasteiger charge is 2.12. The first-order valence-corrected chi connectivity index (χ1v) is 6.67. The molecule has 0 saturated carbocycles. The van der Waals surface area contributed by atoms with Gasteiger partial charge in [-0.2, -0.15) is 0 Å². The second kappa shape index (κ2) is 6.19. The van der Waals surface area contributed by atoms with E-state index >= 15 is 0 Å². The number of nitrogens with one attached hydrogen (secondary N) is 2. The van der Waals surface area contributed by atoms with Gasteiger partial charge in [0.1, 0.15) is 11.5 Å². The summed E-state index contributed by atoms with van der Waals surface area (Å²) in [6.45, 7) is 4.20. The molecule has 1 heterocycles. The molecule has 20 heavy (non-hydrogen) atoms. The largest absolute Gasteiger partial charge is 0.373 e. The summed E-state index contributed by atoms with van der Waals surface area (Å²) in [7, 11) is 1.78. The highest BCUT2D eigenvalue weighted by Crippen LogP contribution is 2.24. The van der Waals surface area contributed by atoms with Gasteiger partial charge in [0, 0.05) is 12.7 Å². The molecule has 0 atom stereocenters. The third kappa shape index (κ3) is 3.15. The quantitative estimate of drug-likeness (QED) is 0.893. The summed E-state index contributed by atoms with van der Waals surface area (Å²) in [6, 6.07) is 13.2. The van der Waals surface area contributed by atoms with Gasteiger partial charge in [-0.1, -0.05) is 38.1 Å². The van der Waals surface area contributed by atoms with Crippen LogP contribution in [0.3, 0.4) is 0 Å². The highest BCUT2D eigenvalue weighted by molar-refractivity contribution is 6.03. The fourth-order valence-electron chi connectivity index (χ4n) is 2.00. The summed E-state index contributed by atoms with van der Waals surface area (Å²) in [5.41, 5.74) is 2.35. The zero-order valence-corrected chi connectivity index (χ0v) is 12.0. The molecule has 1 aromatic carbocycles. The number of rotatable bonds is 4. The molecule has 0 bridgehead atoms. The van der Waals surface area contributed by atoms with Crippen molar-refractivity contribution in [2.45, 2.75) is 19.8 Å². The van der Waals surface area contributed by atoms with Crippen molar-refractivity contribution in [2.24, 2.45) is 0 Å². The van der Waals surface area contributed by atoms with Gasteiger partial charge in [0.15, 0.2) is 0 Å². The molecule has 0 spiro atoms. The molecule has 0 aliphatic rings. The second-order valence-corrected chi connectivity index (χ2v) is 4.85. The number of hydrogen-bond acceptors (Lipinski definition) is 3. The lowest BCUT2D eigenvalue weighted by molar-refractivity contribution is 0.102. The van der Waals surface area contributed by atoms with Gasteiger partial charge in [-0.3, -0.25) is 4.79 Å². The fraction of sp³-hybridized carbons (Fsp3) is 0.250. The molecule has 2 N–H and O–H groups in total. The van der Waals surface area contributed by atoms with Gasteiger partial charge in [0.25, 0.3) is 5.91 Å². The molecule has 4 nitrogen and oxygen atoms in total. The number of aromatic nitrogens is 1. The third-order valence-corrected chi connectivity index (χ3v) is 3.07. The van der Waals surface area contributed by atoms with Crippen LogP contribution in [0.2, 0.25) is 0 Å². The van der Waals surface area contributed by atoms with Crippen molar-refractivity contribution < 1.29 is 4.79 Å². The Morgan fingerprint density at radius 3 is 2.55 bits per heavy atom. The number of benzene rings is 1. The number of anilines is 2. The fourth-order valence-corrected chi connectivity index (χ4v) is 2.00. The predicted octanol–water partition coefficient (Wildman–Crippen LogP) is 3.50. The normalized spacial score (nSPS) is 10.4. The van der Waals surface area contributed by atoms with Crippen molar-refractivity contribution in [3.63, 3.8) is 0 Å². The highest BCUT2D eigenvalue weighted by atomic mass is 16.1. The van der Waals surface area contributed by atoms with E-state index in [1.807, 2.05) is 36.4 Å². The van der Waals surface area contributed by atoms with Gasteiger partial charge in [-0.05, 0) is 29.7 Å². The maximum Gasteiger partial charge on any atom is 0.274 e. The first-order chi connectivity index (χ1) is 9.61. The van der Waals surface area contributed by atoms with Crippen LogP contribution in [0.5, 0.6) is 0 Å². The van der Waals surface area contributed by atoms with Gasteiger partial charge < -0.3 is 10.6 Å². The molecule has 2 rings (SSSR count). The van der Waals surface area contributed by atoms with Crippen LogP contribution in [0.1, 0.15) is 35.8 Å². The Hall–Kier alpha value is -2.36. The summed E-state index contributed by atoms with van der Waals surface area (Å²) in [5.74, 6) is 0.827. The van der Waals surface area contributed by atoms with E-state index in [0.29, 0.717) is 17.4 Å². The molecule has 4 heteroatoms. The van der Waals surface area contributed by atoms with E-state index in [2.05, 4.69) is 29.5 Å². The Labute approximate surface area is 119 Å². The summed E-state index contributed by atoms with van der Waals surface area (Å²) in [4.78, 5) is 16.5. The molecule has 104 valence electrons. The van der Waals surface area contributed by atoms with Crippen LogP contribution in [0.25, 0.3) is 0 Å². The molecule has 1 amide bonds. The molecule has 0 radical (unpaired) electrons. The number of pyridine rings is 1. The first-order valence-electron chi connectivity index (χ1n) is 6.67.